The molecule has 0 bridgehead atoms. The largest absolute Gasteiger partial charge is 0.480 e. The van der Waals surface area contributed by atoms with Crippen LogP contribution in [0.4, 0.5) is 0 Å². The Kier molecular flexibility index (Phi) is 5.88. The van der Waals surface area contributed by atoms with Crippen molar-refractivity contribution < 1.29 is 19.8 Å². The first-order valence-corrected chi connectivity index (χ1v) is 10.8. The third kappa shape index (κ3) is 4.33. The maximum Gasteiger partial charge on any atom is 0.320 e. The van der Waals surface area contributed by atoms with Gasteiger partial charge in [-0.25, -0.2) is 4.98 Å². The molecule has 10 heteroatoms. The number of carboxylic acids is 2. The molecule has 3 heterocycles. The van der Waals surface area contributed by atoms with Crippen LogP contribution in [0.15, 0.2) is 11.5 Å². The number of thioether (sulfide) groups is 1. The second-order valence-electron chi connectivity index (χ2n) is 8.31. The highest BCUT2D eigenvalue weighted by Gasteiger charge is 2.42. The Bertz CT molecular complexity index is 702. The van der Waals surface area contributed by atoms with Crippen LogP contribution >= 0.6 is 11.8 Å². The first-order valence-electron chi connectivity index (χ1n) is 9.94. The molecule has 0 radical (unpaired) electrons. The van der Waals surface area contributed by atoms with Crippen LogP contribution < -0.4 is 5.32 Å². The molecule has 2 saturated heterocycles. The number of aromatic nitrogens is 3. The van der Waals surface area contributed by atoms with E-state index in [0.717, 1.165) is 44.1 Å². The second kappa shape index (κ2) is 8.38. The minimum absolute atomic E-state index is 0.181. The number of hydrogen-bond donors (Lipinski definition) is 4. The van der Waals surface area contributed by atoms with E-state index in [1.54, 1.807) is 11.8 Å². The molecule has 28 heavy (non-hydrogen) atoms. The summed E-state index contributed by atoms with van der Waals surface area (Å²) in [6, 6.07) is -0.904. The highest BCUT2D eigenvalue weighted by atomic mass is 32.2. The molecule has 3 fully saturated rings. The van der Waals surface area contributed by atoms with Crippen molar-refractivity contribution in [2.75, 3.05) is 19.6 Å². The Morgan fingerprint density at radius 2 is 2.04 bits per heavy atom. The highest BCUT2D eigenvalue weighted by Crippen LogP contribution is 2.40. The van der Waals surface area contributed by atoms with Crippen molar-refractivity contribution in [1.29, 1.82) is 0 Å². The topological polar surface area (TPSA) is 131 Å². The normalized spacial score (nSPS) is 36.1. The lowest BCUT2D eigenvalue weighted by atomic mass is 9.69. The van der Waals surface area contributed by atoms with E-state index in [1.165, 1.54) is 6.33 Å². The van der Waals surface area contributed by atoms with Gasteiger partial charge in [0.25, 0.3) is 0 Å². The molecule has 2 aliphatic heterocycles. The minimum Gasteiger partial charge on any atom is -0.480 e. The van der Waals surface area contributed by atoms with E-state index in [-0.39, 0.29) is 5.25 Å². The molecular weight excluding hydrogens is 382 g/mol. The summed E-state index contributed by atoms with van der Waals surface area (Å²) in [5.41, 5.74) is 0. The van der Waals surface area contributed by atoms with Crippen LogP contribution in [0.25, 0.3) is 0 Å². The quantitative estimate of drug-likeness (QED) is 0.541. The molecule has 3 aliphatic rings. The Balaban J connectivity index is 1.35. The van der Waals surface area contributed by atoms with Crippen molar-refractivity contribution in [3.8, 4) is 0 Å². The average molecular weight is 410 g/mol. The van der Waals surface area contributed by atoms with Gasteiger partial charge in [-0.2, -0.15) is 5.10 Å². The number of carboxylic acid groups (broad SMARTS) is 2. The van der Waals surface area contributed by atoms with E-state index in [9.17, 15) is 19.8 Å². The maximum absolute atomic E-state index is 11.8. The zero-order chi connectivity index (χ0) is 19.7. The van der Waals surface area contributed by atoms with Gasteiger partial charge in [0.1, 0.15) is 18.4 Å². The van der Waals surface area contributed by atoms with E-state index < -0.39 is 24.0 Å². The fourth-order valence-electron chi connectivity index (χ4n) is 5.16. The van der Waals surface area contributed by atoms with Crippen molar-refractivity contribution in [3.63, 3.8) is 0 Å². The Morgan fingerprint density at radius 3 is 2.75 bits per heavy atom. The number of hydrogen-bond acceptors (Lipinski definition) is 7. The molecule has 1 aliphatic carbocycles. The number of nitrogens with zero attached hydrogens (tertiary/aromatic N) is 3. The van der Waals surface area contributed by atoms with Gasteiger partial charge in [-0.3, -0.25) is 19.6 Å². The van der Waals surface area contributed by atoms with Gasteiger partial charge in [0.15, 0.2) is 5.16 Å². The summed E-state index contributed by atoms with van der Waals surface area (Å²) in [7, 11) is 0. The van der Waals surface area contributed by atoms with Gasteiger partial charge in [0, 0.05) is 18.3 Å². The lowest BCUT2D eigenvalue weighted by Gasteiger charge is -2.42. The number of carbonyl (C=O) groups is 2. The summed E-state index contributed by atoms with van der Waals surface area (Å²) in [6.07, 6.45) is 5.93. The van der Waals surface area contributed by atoms with Crippen molar-refractivity contribution in [2.24, 2.45) is 17.8 Å². The number of aliphatic carboxylic acids is 2. The van der Waals surface area contributed by atoms with Crippen LogP contribution in [-0.2, 0) is 9.59 Å². The summed E-state index contributed by atoms with van der Waals surface area (Å²) >= 11 is 1.56. The Hall–Kier alpha value is -1.65. The summed E-state index contributed by atoms with van der Waals surface area (Å²) in [4.78, 5) is 29.4. The van der Waals surface area contributed by atoms with Gasteiger partial charge in [0.05, 0.1) is 0 Å². The first-order chi connectivity index (χ1) is 13.5. The van der Waals surface area contributed by atoms with E-state index in [2.05, 4.69) is 25.4 Å². The Morgan fingerprint density at radius 1 is 1.18 bits per heavy atom. The molecule has 6 unspecified atom stereocenters. The lowest BCUT2D eigenvalue weighted by molar-refractivity contribution is -0.143. The Labute approximate surface area is 167 Å². The van der Waals surface area contributed by atoms with E-state index in [0.29, 0.717) is 30.6 Å². The molecule has 6 atom stereocenters. The van der Waals surface area contributed by atoms with Crippen molar-refractivity contribution >= 4 is 23.7 Å². The average Bonchev–Trinajstić information content (AvgIpc) is 3.31. The van der Waals surface area contributed by atoms with Gasteiger partial charge in [-0.05, 0) is 56.4 Å². The van der Waals surface area contributed by atoms with Crippen LogP contribution in [0.3, 0.4) is 0 Å². The van der Waals surface area contributed by atoms with Crippen LogP contribution in [0.1, 0.15) is 32.1 Å². The van der Waals surface area contributed by atoms with Gasteiger partial charge in [-0.1, -0.05) is 11.8 Å². The number of piperidine rings is 1. The number of likely N-dealkylation sites (tertiary alicyclic amines) is 1. The zero-order valence-corrected chi connectivity index (χ0v) is 16.5. The second-order valence-corrected chi connectivity index (χ2v) is 9.60. The number of rotatable bonds is 6. The SMILES string of the molecule is O=C(O)C1CC2CC(CN3CC(Sc4ncn[nH]4)CC3C(=O)O)CCC2CN1. The smallest absolute Gasteiger partial charge is 0.320 e. The summed E-state index contributed by atoms with van der Waals surface area (Å²) in [5, 5.41) is 29.7. The third-order valence-electron chi connectivity index (χ3n) is 6.53. The number of H-pyrrole nitrogens is 1. The van der Waals surface area contributed by atoms with Gasteiger partial charge >= 0.3 is 11.9 Å². The highest BCUT2D eigenvalue weighted by molar-refractivity contribution is 7.99. The molecule has 0 spiro atoms. The van der Waals surface area contributed by atoms with Gasteiger partial charge in [-0.15, -0.1) is 0 Å². The van der Waals surface area contributed by atoms with Crippen LogP contribution in [0.5, 0.6) is 0 Å². The van der Waals surface area contributed by atoms with E-state index in [4.69, 9.17) is 0 Å². The molecule has 1 saturated carbocycles. The fraction of sp³-hybridized carbons (Fsp3) is 0.778. The van der Waals surface area contributed by atoms with Gasteiger partial charge < -0.3 is 15.5 Å². The predicted octanol–water partition coefficient (Wildman–Crippen LogP) is 0.903. The first kappa shape index (κ1) is 19.7. The zero-order valence-electron chi connectivity index (χ0n) is 15.7. The number of fused-ring (bicyclic) bond motifs is 1. The van der Waals surface area contributed by atoms with Crippen LogP contribution in [0, 0.1) is 17.8 Å². The lowest BCUT2D eigenvalue weighted by Crippen LogP contribution is -2.50. The molecule has 154 valence electrons. The van der Waals surface area contributed by atoms with E-state index >= 15 is 0 Å². The third-order valence-corrected chi connectivity index (χ3v) is 7.62. The van der Waals surface area contributed by atoms with Crippen LogP contribution in [0.2, 0.25) is 0 Å². The molecule has 9 nitrogen and oxygen atoms in total. The fourth-order valence-corrected chi connectivity index (χ4v) is 6.23. The molecule has 4 N–H and O–H groups in total. The van der Waals surface area contributed by atoms with Crippen LogP contribution in [-0.4, -0.2) is 79.2 Å². The van der Waals surface area contributed by atoms with E-state index in [1.807, 2.05) is 0 Å². The molecular formula is C18H27N5O4S. The van der Waals surface area contributed by atoms with Crippen molar-refractivity contribution in [3.05, 3.63) is 6.33 Å². The maximum atomic E-state index is 11.8. The monoisotopic (exact) mass is 409 g/mol. The molecule has 4 rings (SSSR count). The summed E-state index contributed by atoms with van der Waals surface area (Å²) < 4.78 is 0. The molecule has 1 aromatic heterocycles. The van der Waals surface area contributed by atoms with Crippen molar-refractivity contribution in [1.82, 2.24) is 25.4 Å². The summed E-state index contributed by atoms with van der Waals surface area (Å²) in [5.74, 6) is -0.119. The molecule has 0 aromatic carbocycles. The predicted molar refractivity (Wildman–Crippen MR) is 102 cm³/mol. The molecule has 1 aromatic rings. The summed E-state index contributed by atoms with van der Waals surface area (Å²) in [6.45, 7) is 2.29. The number of aromatic amines is 1. The van der Waals surface area contributed by atoms with Gasteiger partial charge in [0.2, 0.25) is 0 Å². The minimum atomic E-state index is -0.765. The van der Waals surface area contributed by atoms with Crippen molar-refractivity contribution in [2.45, 2.75) is 54.6 Å². The standard InChI is InChI=1S/C18H27N5O4S/c24-16(25)14-4-12-3-10(1-2-11(12)6-19-14)7-23-8-13(5-15(23)17(26)27)28-18-20-9-21-22-18/h9-15,19H,1-8H2,(H,24,25)(H,26,27)(H,20,21,22). The number of nitrogens with one attached hydrogen (secondary N) is 2. The molecule has 0 amide bonds.